The summed E-state index contributed by atoms with van der Waals surface area (Å²) >= 11 is 0. The molecule has 1 atom stereocenters. The van der Waals surface area contributed by atoms with Crippen molar-refractivity contribution in [2.24, 2.45) is 0 Å². The Hall–Kier alpha value is -0.720. The molecule has 92 valence electrons. The van der Waals surface area contributed by atoms with E-state index in [0.717, 1.165) is 0 Å². The van der Waals surface area contributed by atoms with Crippen LogP contribution in [0.4, 0.5) is 0 Å². The molecule has 0 aromatic rings. The highest BCUT2D eigenvalue weighted by Crippen LogP contribution is 2.23. The number of unbranched alkanes of at least 4 members (excludes halogenated alkanes) is 1. The third kappa shape index (κ3) is 4.03. The van der Waals surface area contributed by atoms with Gasteiger partial charge in [-0.25, -0.2) is 0 Å². The van der Waals surface area contributed by atoms with Gasteiger partial charge >= 0.3 is 0 Å². The molecule has 1 aliphatic heterocycles. The molecule has 0 bridgehead atoms. The van der Waals surface area contributed by atoms with E-state index < -0.39 is 0 Å². The smallest absolute Gasteiger partial charge is 0.0471 e. The normalized spacial score (nSPS) is 20.1. The zero-order chi connectivity index (χ0) is 11.8. The highest BCUT2D eigenvalue weighted by atomic mass is 14.9. The standard InChI is InChI=1S/C15H27N/c1-4-7-10-15-14(9-6-3)11-13(8-5-2)12-16-15/h11-12,15-16H,4-10H2,1-3H3. The first-order valence-electron chi connectivity index (χ1n) is 6.97. The minimum Gasteiger partial charge on any atom is -0.384 e. The molecule has 1 heterocycles. The summed E-state index contributed by atoms with van der Waals surface area (Å²) in [6, 6.07) is 0.612. The molecule has 1 unspecified atom stereocenters. The van der Waals surface area contributed by atoms with Gasteiger partial charge in [-0.2, -0.15) is 0 Å². The second kappa shape index (κ2) is 7.54. The van der Waals surface area contributed by atoms with Crippen LogP contribution in [0.15, 0.2) is 23.4 Å². The van der Waals surface area contributed by atoms with E-state index in [-0.39, 0.29) is 0 Å². The first kappa shape index (κ1) is 13.3. The van der Waals surface area contributed by atoms with Crippen molar-refractivity contribution in [1.82, 2.24) is 5.32 Å². The van der Waals surface area contributed by atoms with Crippen LogP contribution in [-0.2, 0) is 0 Å². The van der Waals surface area contributed by atoms with Crippen molar-refractivity contribution in [2.75, 3.05) is 0 Å². The number of rotatable bonds is 7. The van der Waals surface area contributed by atoms with Crippen LogP contribution in [0.25, 0.3) is 0 Å². The Kier molecular flexibility index (Phi) is 6.29. The highest BCUT2D eigenvalue weighted by Gasteiger charge is 2.15. The highest BCUT2D eigenvalue weighted by molar-refractivity contribution is 5.30. The average molecular weight is 221 g/mol. The van der Waals surface area contributed by atoms with E-state index >= 15 is 0 Å². The topological polar surface area (TPSA) is 12.0 Å². The van der Waals surface area contributed by atoms with E-state index in [1.165, 1.54) is 50.5 Å². The van der Waals surface area contributed by atoms with Crippen molar-refractivity contribution in [2.45, 2.75) is 71.8 Å². The van der Waals surface area contributed by atoms with Gasteiger partial charge in [0, 0.05) is 12.2 Å². The fourth-order valence-corrected chi connectivity index (χ4v) is 2.34. The lowest BCUT2D eigenvalue weighted by molar-refractivity contribution is 0.546. The monoisotopic (exact) mass is 221 g/mol. The number of nitrogens with one attached hydrogen (secondary N) is 1. The number of dihydropyridines is 1. The van der Waals surface area contributed by atoms with Gasteiger partial charge in [-0.05, 0) is 30.4 Å². The first-order chi connectivity index (χ1) is 7.81. The molecule has 1 rings (SSSR count). The van der Waals surface area contributed by atoms with Gasteiger partial charge < -0.3 is 5.32 Å². The summed E-state index contributed by atoms with van der Waals surface area (Å²) < 4.78 is 0. The maximum absolute atomic E-state index is 3.59. The molecule has 0 saturated heterocycles. The minimum atomic E-state index is 0.612. The molecule has 1 heteroatoms. The van der Waals surface area contributed by atoms with E-state index in [1.807, 2.05) is 0 Å². The lowest BCUT2D eigenvalue weighted by Gasteiger charge is -2.25. The molecular weight excluding hydrogens is 194 g/mol. The molecule has 0 spiro atoms. The van der Waals surface area contributed by atoms with Gasteiger partial charge in [0.25, 0.3) is 0 Å². The lowest BCUT2D eigenvalue weighted by atomic mass is 9.92. The van der Waals surface area contributed by atoms with Crippen LogP contribution in [0.3, 0.4) is 0 Å². The minimum absolute atomic E-state index is 0.612. The fraction of sp³-hybridized carbons (Fsp3) is 0.733. The van der Waals surface area contributed by atoms with Gasteiger partial charge in [-0.15, -0.1) is 0 Å². The van der Waals surface area contributed by atoms with Crippen molar-refractivity contribution < 1.29 is 0 Å². The Bertz CT molecular complexity index is 250. The molecule has 0 aromatic carbocycles. The third-order valence-corrected chi connectivity index (χ3v) is 3.21. The van der Waals surface area contributed by atoms with Crippen LogP contribution >= 0.6 is 0 Å². The van der Waals surface area contributed by atoms with Gasteiger partial charge in [-0.3, -0.25) is 0 Å². The summed E-state index contributed by atoms with van der Waals surface area (Å²) in [6.07, 6.45) is 13.6. The summed E-state index contributed by atoms with van der Waals surface area (Å²) in [5.41, 5.74) is 3.11. The van der Waals surface area contributed by atoms with E-state index in [4.69, 9.17) is 0 Å². The molecule has 0 amide bonds. The summed E-state index contributed by atoms with van der Waals surface area (Å²) in [7, 11) is 0. The van der Waals surface area contributed by atoms with E-state index in [2.05, 4.69) is 38.4 Å². The fourth-order valence-electron chi connectivity index (χ4n) is 2.34. The van der Waals surface area contributed by atoms with Gasteiger partial charge in [0.05, 0.1) is 0 Å². The van der Waals surface area contributed by atoms with Gasteiger partial charge in [-0.1, -0.05) is 52.5 Å². The molecular formula is C15H27N. The molecule has 1 N–H and O–H groups in total. The quantitative estimate of drug-likeness (QED) is 0.664. The van der Waals surface area contributed by atoms with Crippen molar-refractivity contribution in [1.29, 1.82) is 0 Å². The Labute approximate surface area is 101 Å². The van der Waals surface area contributed by atoms with Crippen LogP contribution in [0, 0.1) is 0 Å². The number of allylic oxidation sites excluding steroid dienone is 2. The predicted octanol–water partition coefficient (Wildman–Crippen LogP) is 4.56. The molecule has 0 saturated carbocycles. The average Bonchev–Trinajstić information content (AvgIpc) is 2.29. The van der Waals surface area contributed by atoms with Crippen molar-refractivity contribution in [3.05, 3.63) is 23.4 Å². The molecule has 1 nitrogen and oxygen atoms in total. The Morgan fingerprint density at radius 3 is 2.44 bits per heavy atom. The van der Waals surface area contributed by atoms with Gasteiger partial charge in [0.15, 0.2) is 0 Å². The Balaban J connectivity index is 2.59. The number of hydrogen-bond acceptors (Lipinski definition) is 1. The Morgan fingerprint density at radius 2 is 1.81 bits per heavy atom. The zero-order valence-corrected chi connectivity index (χ0v) is 11.2. The molecule has 16 heavy (non-hydrogen) atoms. The molecule has 0 aliphatic carbocycles. The third-order valence-electron chi connectivity index (χ3n) is 3.21. The van der Waals surface area contributed by atoms with E-state index in [0.29, 0.717) is 6.04 Å². The summed E-state index contributed by atoms with van der Waals surface area (Å²) in [6.45, 7) is 6.79. The summed E-state index contributed by atoms with van der Waals surface area (Å²) in [5, 5.41) is 3.59. The van der Waals surface area contributed by atoms with Crippen molar-refractivity contribution >= 4 is 0 Å². The first-order valence-corrected chi connectivity index (χ1v) is 6.97. The Morgan fingerprint density at radius 1 is 1.06 bits per heavy atom. The van der Waals surface area contributed by atoms with Crippen LogP contribution in [0.5, 0.6) is 0 Å². The van der Waals surface area contributed by atoms with Crippen LogP contribution in [0.1, 0.15) is 65.7 Å². The lowest BCUT2D eigenvalue weighted by Crippen LogP contribution is -2.29. The van der Waals surface area contributed by atoms with Crippen LogP contribution < -0.4 is 5.32 Å². The second-order valence-electron chi connectivity index (χ2n) is 4.80. The summed E-state index contributed by atoms with van der Waals surface area (Å²) in [5.74, 6) is 0. The maximum atomic E-state index is 3.59. The molecule has 1 aliphatic rings. The second-order valence-corrected chi connectivity index (χ2v) is 4.80. The molecule has 0 fully saturated rings. The maximum Gasteiger partial charge on any atom is 0.0471 e. The van der Waals surface area contributed by atoms with E-state index in [1.54, 1.807) is 5.57 Å². The largest absolute Gasteiger partial charge is 0.384 e. The van der Waals surface area contributed by atoms with Crippen molar-refractivity contribution in [3.8, 4) is 0 Å². The zero-order valence-electron chi connectivity index (χ0n) is 11.2. The van der Waals surface area contributed by atoms with Gasteiger partial charge in [0.2, 0.25) is 0 Å². The van der Waals surface area contributed by atoms with Crippen molar-refractivity contribution in [3.63, 3.8) is 0 Å². The predicted molar refractivity (Wildman–Crippen MR) is 72.4 cm³/mol. The van der Waals surface area contributed by atoms with Crippen LogP contribution in [0.2, 0.25) is 0 Å². The molecule has 0 aromatic heterocycles. The summed E-state index contributed by atoms with van der Waals surface area (Å²) in [4.78, 5) is 0. The van der Waals surface area contributed by atoms with E-state index in [9.17, 15) is 0 Å². The molecule has 0 radical (unpaired) electrons. The van der Waals surface area contributed by atoms with Gasteiger partial charge in [0.1, 0.15) is 0 Å². The number of hydrogen-bond donors (Lipinski definition) is 1. The van der Waals surface area contributed by atoms with Crippen LogP contribution in [-0.4, -0.2) is 6.04 Å². The SMILES string of the molecule is CCCCC1NC=C(CCC)C=C1CCC.